The van der Waals surface area contributed by atoms with E-state index in [1.165, 1.54) is 11.6 Å². The maximum Gasteiger partial charge on any atom is 0.127 e. The third-order valence-electron chi connectivity index (χ3n) is 3.65. The molecule has 0 aromatic heterocycles. The molecular formula is C16H15BrFNO. The summed E-state index contributed by atoms with van der Waals surface area (Å²) in [5.41, 5.74) is 9.96. The van der Waals surface area contributed by atoms with Gasteiger partial charge < -0.3 is 10.5 Å². The van der Waals surface area contributed by atoms with Crippen molar-refractivity contribution in [2.24, 2.45) is 5.73 Å². The monoisotopic (exact) mass is 335 g/mol. The first-order valence-corrected chi connectivity index (χ1v) is 7.32. The Morgan fingerprint density at radius 2 is 2.10 bits per heavy atom. The Labute approximate surface area is 125 Å². The summed E-state index contributed by atoms with van der Waals surface area (Å²) in [5.74, 6) is 0.666. The molecule has 0 aliphatic carbocycles. The summed E-state index contributed by atoms with van der Waals surface area (Å²) in [4.78, 5) is 0. The lowest BCUT2D eigenvalue weighted by Gasteiger charge is -2.17. The van der Waals surface area contributed by atoms with Gasteiger partial charge in [-0.3, -0.25) is 0 Å². The normalized spacial score (nSPS) is 14.8. The van der Waals surface area contributed by atoms with E-state index >= 15 is 0 Å². The molecule has 1 heterocycles. The number of rotatable bonds is 2. The van der Waals surface area contributed by atoms with Crippen LogP contribution in [0.25, 0.3) is 0 Å². The van der Waals surface area contributed by atoms with Crippen molar-refractivity contribution in [3.8, 4) is 5.75 Å². The van der Waals surface area contributed by atoms with Crippen molar-refractivity contribution in [1.82, 2.24) is 0 Å². The van der Waals surface area contributed by atoms with Crippen LogP contribution in [0.3, 0.4) is 0 Å². The molecule has 0 saturated heterocycles. The van der Waals surface area contributed by atoms with Gasteiger partial charge in [-0.1, -0.05) is 28.1 Å². The van der Waals surface area contributed by atoms with Gasteiger partial charge in [0.15, 0.2) is 0 Å². The Bertz CT molecular complexity index is 672. The van der Waals surface area contributed by atoms with Gasteiger partial charge in [-0.25, -0.2) is 4.39 Å². The summed E-state index contributed by atoms with van der Waals surface area (Å²) in [5, 5.41) is 0. The van der Waals surface area contributed by atoms with Crippen molar-refractivity contribution in [2.45, 2.75) is 19.4 Å². The van der Waals surface area contributed by atoms with E-state index < -0.39 is 0 Å². The van der Waals surface area contributed by atoms with E-state index in [1.807, 2.05) is 6.07 Å². The standard InChI is InChI=1S/C16H15BrFNO/c1-9-6-10(2-3-14(9)18)15(19)13-8-12(17)7-11-4-5-20-16(11)13/h2-3,6-8,15H,4-5,19H2,1H3. The summed E-state index contributed by atoms with van der Waals surface area (Å²) < 4.78 is 20.1. The fourth-order valence-corrected chi connectivity index (χ4v) is 3.09. The van der Waals surface area contributed by atoms with Crippen LogP contribution in [0, 0.1) is 12.7 Å². The summed E-state index contributed by atoms with van der Waals surface area (Å²) in [6, 6.07) is 8.71. The molecule has 1 unspecified atom stereocenters. The van der Waals surface area contributed by atoms with Crippen LogP contribution in [-0.2, 0) is 6.42 Å². The van der Waals surface area contributed by atoms with Crippen molar-refractivity contribution in [3.63, 3.8) is 0 Å². The highest BCUT2D eigenvalue weighted by Gasteiger charge is 2.22. The number of benzene rings is 2. The zero-order valence-corrected chi connectivity index (χ0v) is 12.7. The first-order chi connectivity index (χ1) is 9.56. The first-order valence-electron chi connectivity index (χ1n) is 6.53. The molecule has 0 amide bonds. The lowest BCUT2D eigenvalue weighted by Crippen LogP contribution is -2.13. The zero-order valence-electron chi connectivity index (χ0n) is 11.1. The minimum atomic E-state index is -0.321. The highest BCUT2D eigenvalue weighted by Crippen LogP contribution is 2.37. The average molecular weight is 336 g/mol. The molecule has 2 nitrogen and oxygen atoms in total. The molecule has 0 fully saturated rings. The smallest absolute Gasteiger partial charge is 0.127 e. The highest BCUT2D eigenvalue weighted by molar-refractivity contribution is 9.10. The van der Waals surface area contributed by atoms with Crippen molar-refractivity contribution < 1.29 is 9.13 Å². The minimum Gasteiger partial charge on any atom is -0.493 e. The molecule has 0 spiro atoms. The van der Waals surface area contributed by atoms with E-state index in [0.29, 0.717) is 12.2 Å². The van der Waals surface area contributed by atoms with Crippen molar-refractivity contribution in [1.29, 1.82) is 0 Å². The Kier molecular flexibility index (Phi) is 3.52. The maximum absolute atomic E-state index is 13.4. The third kappa shape index (κ3) is 2.34. The number of hydrogen-bond donors (Lipinski definition) is 1. The van der Waals surface area contributed by atoms with Crippen LogP contribution in [0.4, 0.5) is 4.39 Å². The largest absolute Gasteiger partial charge is 0.493 e. The van der Waals surface area contributed by atoms with Gasteiger partial charge in [-0.2, -0.15) is 0 Å². The van der Waals surface area contributed by atoms with Gasteiger partial charge >= 0.3 is 0 Å². The van der Waals surface area contributed by atoms with Crippen LogP contribution in [0.15, 0.2) is 34.8 Å². The van der Waals surface area contributed by atoms with Crippen LogP contribution < -0.4 is 10.5 Å². The predicted molar refractivity (Wildman–Crippen MR) is 80.5 cm³/mol. The molecule has 2 aromatic carbocycles. The fourth-order valence-electron chi connectivity index (χ4n) is 2.57. The molecule has 4 heteroatoms. The number of aryl methyl sites for hydroxylation is 1. The van der Waals surface area contributed by atoms with Crippen LogP contribution in [0.1, 0.15) is 28.3 Å². The number of ether oxygens (including phenoxy) is 1. The molecule has 0 radical (unpaired) electrons. The van der Waals surface area contributed by atoms with E-state index in [1.54, 1.807) is 19.1 Å². The van der Waals surface area contributed by atoms with Gasteiger partial charge in [-0.05, 0) is 41.8 Å². The van der Waals surface area contributed by atoms with Crippen LogP contribution in [-0.4, -0.2) is 6.61 Å². The first kappa shape index (κ1) is 13.6. The second-order valence-corrected chi connectivity index (χ2v) is 5.98. The number of halogens is 2. The summed E-state index contributed by atoms with van der Waals surface area (Å²) in [6.45, 7) is 2.43. The van der Waals surface area contributed by atoms with E-state index in [9.17, 15) is 4.39 Å². The molecule has 2 aromatic rings. The van der Waals surface area contributed by atoms with Gasteiger partial charge in [0.1, 0.15) is 11.6 Å². The predicted octanol–water partition coefficient (Wildman–Crippen LogP) is 3.88. The Morgan fingerprint density at radius 1 is 1.30 bits per heavy atom. The highest BCUT2D eigenvalue weighted by atomic mass is 79.9. The van der Waals surface area contributed by atoms with Gasteiger partial charge in [-0.15, -0.1) is 0 Å². The van der Waals surface area contributed by atoms with Crippen LogP contribution in [0.5, 0.6) is 5.75 Å². The van der Waals surface area contributed by atoms with Crippen molar-refractivity contribution in [2.75, 3.05) is 6.61 Å². The maximum atomic E-state index is 13.4. The quantitative estimate of drug-likeness (QED) is 0.903. The summed E-state index contributed by atoms with van der Waals surface area (Å²) in [6.07, 6.45) is 0.900. The molecule has 2 N–H and O–H groups in total. The lowest BCUT2D eigenvalue weighted by molar-refractivity contribution is 0.352. The van der Waals surface area contributed by atoms with E-state index in [0.717, 1.165) is 27.8 Å². The molecule has 1 aliphatic rings. The average Bonchev–Trinajstić information content (AvgIpc) is 2.88. The number of hydrogen-bond acceptors (Lipinski definition) is 2. The molecule has 1 atom stereocenters. The Morgan fingerprint density at radius 3 is 2.85 bits per heavy atom. The van der Waals surface area contributed by atoms with Crippen molar-refractivity contribution >= 4 is 15.9 Å². The van der Waals surface area contributed by atoms with Gasteiger partial charge in [0.05, 0.1) is 12.6 Å². The number of nitrogens with two attached hydrogens (primary N) is 1. The van der Waals surface area contributed by atoms with E-state index in [4.69, 9.17) is 10.5 Å². The van der Waals surface area contributed by atoms with E-state index in [-0.39, 0.29) is 11.9 Å². The molecular weight excluding hydrogens is 321 g/mol. The van der Waals surface area contributed by atoms with Crippen molar-refractivity contribution in [3.05, 3.63) is 62.9 Å². The van der Waals surface area contributed by atoms with Gasteiger partial charge in [0, 0.05) is 16.5 Å². The molecule has 3 rings (SSSR count). The summed E-state index contributed by atoms with van der Waals surface area (Å²) >= 11 is 3.51. The minimum absolute atomic E-state index is 0.211. The molecule has 0 bridgehead atoms. The Hall–Kier alpha value is -1.39. The second kappa shape index (κ2) is 5.19. The Balaban J connectivity index is 2.06. The molecule has 104 valence electrons. The molecule has 1 aliphatic heterocycles. The van der Waals surface area contributed by atoms with Gasteiger partial charge in [0.2, 0.25) is 0 Å². The summed E-state index contributed by atoms with van der Waals surface area (Å²) in [7, 11) is 0. The molecule has 0 saturated carbocycles. The topological polar surface area (TPSA) is 35.2 Å². The van der Waals surface area contributed by atoms with Crippen LogP contribution >= 0.6 is 15.9 Å². The van der Waals surface area contributed by atoms with Crippen LogP contribution in [0.2, 0.25) is 0 Å². The third-order valence-corrected chi connectivity index (χ3v) is 4.11. The lowest BCUT2D eigenvalue weighted by atomic mass is 9.95. The van der Waals surface area contributed by atoms with E-state index in [2.05, 4.69) is 22.0 Å². The second-order valence-electron chi connectivity index (χ2n) is 5.07. The zero-order chi connectivity index (χ0) is 14.3. The SMILES string of the molecule is Cc1cc(C(N)c2cc(Br)cc3c2OCC3)ccc1F. The number of fused-ring (bicyclic) bond motifs is 1. The molecule has 20 heavy (non-hydrogen) atoms. The van der Waals surface area contributed by atoms with Gasteiger partial charge in [0.25, 0.3) is 0 Å². The fraction of sp³-hybridized carbons (Fsp3) is 0.250.